The lowest BCUT2D eigenvalue weighted by Crippen LogP contribution is -2.42. The number of hydrogen-bond donors (Lipinski definition) is 1. The highest BCUT2D eigenvalue weighted by Crippen LogP contribution is 2.33. The van der Waals surface area contributed by atoms with Gasteiger partial charge in [-0.05, 0) is 43.3 Å². The van der Waals surface area contributed by atoms with Gasteiger partial charge in [0.25, 0.3) is 5.91 Å². The summed E-state index contributed by atoms with van der Waals surface area (Å²) in [4.78, 5) is 12.5. The third kappa shape index (κ3) is 4.17. The molecule has 1 N–H and O–H groups in total. The van der Waals surface area contributed by atoms with Crippen LogP contribution in [0.25, 0.3) is 11.0 Å². The maximum Gasteiger partial charge on any atom is 0.416 e. The number of carbonyl (C=O) groups is 1. The van der Waals surface area contributed by atoms with Crippen molar-refractivity contribution in [3.05, 3.63) is 59.7 Å². The maximum atomic E-state index is 12.7. The summed E-state index contributed by atoms with van der Waals surface area (Å²) in [6.45, 7) is 1.46. The van der Waals surface area contributed by atoms with E-state index < -0.39 is 28.1 Å². The SMILES string of the molecule is CC(Cl)(Cl)C(NC(=O)c1ccc(C(F)(F)F)cc1)n1nnc2ccccc21. The largest absolute Gasteiger partial charge is 0.416 e. The van der Waals surface area contributed by atoms with Crippen LogP contribution >= 0.6 is 23.2 Å². The standard InChI is InChI=1S/C17H13Cl2F3N4O/c1-16(18,19)15(26-13-5-3-2-4-12(13)24-25-26)23-14(27)10-6-8-11(9-7-10)17(20,21)22/h2-9,15H,1H3,(H,23,27). The monoisotopic (exact) mass is 416 g/mol. The molecule has 3 aromatic rings. The summed E-state index contributed by atoms with van der Waals surface area (Å²) in [6, 6.07) is 10.8. The first-order valence-corrected chi connectivity index (χ1v) is 8.49. The number of nitrogens with one attached hydrogen (secondary N) is 1. The van der Waals surface area contributed by atoms with Gasteiger partial charge >= 0.3 is 6.18 Å². The smallest absolute Gasteiger partial charge is 0.328 e. The molecule has 0 aliphatic heterocycles. The van der Waals surface area contributed by atoms with Crippen LogP contribution in [0.3, 0.4) is 0 Å². The first-order valence-electron chi connectivity index (χ1n) is 7.73. The number of para-hydroxylation sites is 1. The third-order valence-corrected chi connectivity index (χ3v) is 4.26. The van der Waals surface area contributed by atoms with Crippen molar-refractivity contribution in [2.75, 3.05) is 0 Å². The molecule has 2 aromatic carbocycles. The predicted octanol–water partition coefficient (Wildman–Crippen LogP) is 4.57. The highest BCUT2D eigenvalue weighted by Gasteiger charge is 2.35. The zero-order chi connectivity index (χ0) is 19.8. The van der Waals surface area contributed by atoms with Crippen molar-refractivity contribution >= 4 is 40.1 Å². The fraction of sp³-hybridized carbons (Fsp3) is 0.235. The molecule has 5 nitrogen and oxygen atoms in total. The lowest BCUT2D eigenvalue weighted by atomic mass is 10.1. The zero-order valence-corrected chi connectivity index (χ0v) is 15.3. The number of halogens is 5. The Morgan fingerprint density at radius 2 is 1.74 bits per heavy atom. The fourth-order valence-corrected chi connectivity index (χ4v) is 2.79. The van der Waals surface area contributed by atoms with E-state index in [1.54, 1.807) is 24.3 Å². The van der Waals surface area contributed by atoms with Crippen LogP contribution in [-0.2, 0) is 6.18 Å². The number of hydrogen-bond acceptors (Lipinski definition) is 3. The summed E-state index contributed by atoms with van der Waals surface area (Å²) < 4.78 is 37.9. The fourth-order valence-electron chi connectivity index (χ4n) is 2.50. The molecular weight excluding hydrogens is 404 g/mol. The Morgan fingerprint density at radius 1 is 1.11 bits per heavy atom. The van der Waals surface area contributed by atoms with Gasteiger partial charge in [-0.2, -0.15) is 13.2 Å². The number of rotatable bonds is 4. The van der Waals surface area contributed by atoms with Crippen LogP contribution in [0.2, 0.25) is 0 Å². The van der Waals surface area contributed by atoms with Gasteiger partial charge in [0.15, 0.2) is 10.5 Å². The van der Waals surface area contributed by atoms with E-state index in [2.05, 4.69) is 15.6 Å². The van der Waals surface area contributed by atoms with Crippen LogP contribution in [-0.4, -0.2) is 25.2 Å². The van der Waals surface area contributed by atoms with Crippen LogP contribution in [0.4, 0.5) is 13.2 Å². The summed E-state index contributed by atoms with van der Waals surface area (Å²) >= 11 is 12.4. The number of benzene rings is 2. The molecule has 142 valence electrons. The quantitative estimate of drug-likeness (QED) is 0.633. The molecule has 0 fully saturated rings. The van der Waals surface area contributed by atoms with Crippen molar-refractivity contribution in [2.24, 2.45) is 0 Å². The predicted molar refractivity (Wildman–Crippen MR) is 95.6 cm³/mol. The number of nitrogens with zero attached hydrogens (tertiary/aromatic N) is 3. The van der Waals surface area contributed by atoms with Gasteiger partial charge in [-0.1, -0.05) is 40.5 Å². The Morgan fingerprint density at radius 3 is 2.33 bits per heavy atom. The highest BCUT2D eigenvalue weighted by molar-refractivity contribution is 6.48. The third-order valence-electron chi connectivity index (χ3n) is 3.84. The van der Waals surface area contributed by atoms with E-state index in [0.29, 0.717) is 11.0 Å². The molecular formula is C17H13Cl2F3N4O. The molecule has 1 amide bonds. The maximum absolute atomic E-state index is 12.7. The van der Waals surface area contributed by atoms with Gasteiger partial charge in [0.2, 0.25) is 0 Å². The molecule has 1 aromatic heterocycles. The number of carbonyl (C=O) groups excluding carboxylic acids is 1. The number of fused-ring (bicyclic) bond motifs is 1. The Kier molecular flexibility index (Phi) is 5.05. The van der Waals surface area contributed by atoms with E-state index in [1.165, 1.54) is 11.6 Å². The molecule has 0 aliphatic carbocycles. The van der Waals surface area contributed by atoms with Gasteiger partial charge in [0, 0.05) is 5.56 Å². The van der Waals surface area contributed by atoms with Crippen LogP contribution in [0.5, 0.6) is 0 Å². The van der Waals surface area contributed by atoms with Crippen molar-refractivity contribution in [1.29, 1.82) is 0 Å². The van der Waals surface area contributed by atoms with Crippen LogP contribution in [0, 0.1) is 0 Å². The first kappa shape index (κ1) is 19.4. The van der Waals surface area contributed by atoms with Gasteiger partial charge in [0.05, 0.1) is 11.1 Å². The Hall–Kier alpha value is -2.32. The number of amides is 1. The summed E-state index contributed by atoms with van der Waals surface area (Å²) in [5.41, 5.74) is 0.332. The molecule has 0 bridgehead atoms. The molecule has 0 saturated carbocycles. The molecule has 0 radical (unpaired) electrons. The minimum atomic E-state index is -4.48. The molecule has 0 saturated heterocycles. The van der Waals surface area contributed by atoms with E-state index >= 15 is 0 Å². The molecule has 1 atom stereocenters. The minimum Gasteiger partial charge on any atom is -0.328 e. The van der Waals surface area contributed by atoms with Crippen molar-refractivity contribution in [1.82, 2.24) is 20.3 Å². The Balaban J connectivity index is 1.90. The van der Waals surface area contributed by atoms with Crippen molar-refractivity contribution in [3.63, 3.8) is 0 Å². The van der Waals surface area contributed by atoms with Crippen molar-refractivity contribution in [2.45, 2.75) is 23.6 Å². The first-order chi connectivity index (χ1) is 12.6. The lowest BCUT2D eigenvalue weighted by molar-refractivity contribution is -0.137. The molecule has 0 aliphatic rings. The van der Waals surface area contributed by atoms with Gasteiger partial charge in [-0.25, -0.2) is 4.68 Å². The Labute approximate surface area is 162 Å². The molecule has 1 heterocycles. The highest BCUT2D eigenvalue weighted by atomic mass is 35.5. The molecule has 3 rings (SSSR count). The van der Waals surface area contributed by atoms with E-state index in [9.17, 15) is 18.0 Å². The van der Waals surface area contributed by atoms with Crippen LogP contribution < -0.4 is 5.32 Å². The summed E-state index contributed by atoms with van der Waals surface area (Å²) in [6.07, 6.45) is -5.50. The Bertz CT molecular complexity index is 965. The van der Waals surface area contributed by atoms with Gasteiger partial charge in [-0.3, -0.25) is 4.79 Å². The van der Waals surface area contributed by atoms with E-state index in [0.717, 1.165) is 24.3 Å². The summed E-state index contributed by atoms with van der Waals surface area (Å²) in [7, 11) is 0. The second-order valence-electron chi connectivity index (χ2n) is 5.93. The van der Waals surface area contributed by atoms with Crippen molar-refractivity contribution in [3.8, 4) is 0 Å². The summed E-state index contributed by atoms with van der Waals surface area (Å²) in [5, 5.41) is 10.6. The van der Waals surface area contributed by atoms with E-state index in [4.69, 9.17) is 23.2 Å². The zero-order valence-electron chi connectivity index (χ0n) is 13.8. The van der Waals surface area contributed by atoms with Gasteiger partial charge in [0.1, 0.15) is 5.52 Å². The normalized spacial score (nSPS) is 13.6. The summed E-state index contributed by atoms with van der Waals surface area (Å²) in [5.74, 6) is -0.652. The average Bonchev–Trinajstić information content (AvgIpc) is 3.01. The number of alkyl halides is 5. The van der Waals surface area contributed by atoms with Crippen LogP contribution in [0.15, 0.2) is 48.5 Å². The molecule has 1 unspecified atom stereocenters. The second-order valence-corrected chi connectivity index (χ2v) is 7.69. The molecule has 0 spiro atoms. The van der Waals surface area contributed by atoms with Crippen LogP contribution in [0.1, 0.15) is 29.0 Å². The number of aromatic nitrogens is 3. The van der Waals surface area contributed by atoms with E-state index in [-0.39, 0.29) is 5.56 Å². The average molecular weight is 417 g/mol. The minimum absolute atomic E-state index is 0.0232. The molecule has 27 heavy (non-hydrogen) atoms. The van der Waals surface area contributed by atoms with Gasteiger partial charge in [-0.15, -0.1) is 5.10 Å². The topological polar surface area (TPSA) is 59.8 Å². The second kappa shape index (κ2) is 7.01. The van der Waals surface area contributed by atoms with Gasteiger partial charge < -0.3 is 5.32 Å². The lowest BCUT2D eigenvalue weighted by Gasteiger charge is -2.27. The van der Waals surface area contributed by atoms with Crippen molar-refractivity contribution < 1.29 is 18.0 Å². The molecule has 10 heteroatoms. The van der Waals surface area contributed by atoms with E-state index in [1.807, 2.05) is 0 Å².